The van der Waals surface area contributed by atoms with Crippen LogP contribution in [0.2, 0.25) is 0 Å². The van der Waals surface area contributed by atoms with Gasteiger partial charge in [-0.2, -0.15) is 0 Å². The van der Waals surface area contributed by atoms with Gasteiger partial charge in [-0.15, -0.1) is 0 Å². The van der Waals surface area contributed by atoms with Gasteiger partial charge in [0.25, 0.3) is 0 Å². The zero-order chi connectivity index (χ0) is 14.5. The Balaban J connectivity index is 2.30. The minimum Gasteiger partial charge on any atom is -0.399 e. The fourth-order valence-electron chi connectivity index (χ4n) is 2.04. The molecule has 0 bridgehead atoms. The monoisotopic (exact) mass is 259 g/mol. The van der Waals surface area contributed by atoms with Gasteiger partial charge in [0.05, 0.1) is 11.2 Å². The van der Waals surface area contributed by atoms with Crippen LogP contribution in [-0.2, 0) is 14.7 Å². The fraction of sp³-hybridized carbons (Fsp3) is 0.625. The quantitative estimate of drug-likeness (QED) is 0.721. The minimum atomic E-state index is -0.293. The van der Waals surface area contributed by atoms with Gasteiger partial charge in [0, 0.05) is 0 Å². The van der Waals surface area contributed by atoms with E-state index >= 15 is 0 Å². The lowest BCUT2D eigenvalue weighted by molar-refractivity contribution is 0.00578. The van der Waals surface area contributed by atoms with Crippen LogP contribution in [0.4, 0.5) is 0 Å². The first-order valence-corrected chi connectivity index (χ1v) is 6.91. The van der Waals surface area contributed by atoms with Gasteiger partial charge >= 0.3 is 7.12 Å². The first-order valence-electron chi connectivity index (χ1n) is 6.91. The maximum Gasteiger partial charge on any atom is 0.494 e. The van der Waals surface area contributed by atoms with E-state index in [1.165, 1.54) is 5.56 Å². The van der Waals surface area contributed by atoms with Gasteiger partial charge in [-0.25, -0.2) is 0 Å². The summed E-state index contributed by atoms with van der Waals surface area (Å²) in [6, 6.07) is 9.43. The summed E-state index contributed by atoms with van der Waals surface area (Å²) in [5.41, 5.74) is 1.75. The van der Waals surface area contributed by atoms with Crippen LogP contribution in [0.3, 0.4) is 0 Å². The first-order chi connectivity index (χ1) is 8.53. The molecule has 0 spiro atoms. The Morgan fingerprint density at radius 2 is 1.58 bits per heavy atom. The molecule has 1 aromatic rings. The summed E-state index contributed by atoms with van der Waals surface area (Å²) >= 11 is 0. The maximum atomic E-state index is 6.08. The molecule has 1 radical (unpaired) electrons. The summed E-state index contributed by atoms with van der Waals surface area (Å²) in [5.74, 6) is 0. The minimum absolute atomic E-state index is 0.0830. The Morgan fingerprint density at radius 3 is 2.05 bits per heavy atom. The Hall–Kier alpha value is -0.795. The third-order valence-electron chi connectivity index (χ3n) is 4.16. The van der Waals surface area contributed by atoms with Crippen molar-refractivity contribution < 1.29 is 9.31 Å². The summed E-state index contributed by atoms with van der Waals surface area (Å²) < 4.78 is 12.2. The standard InChI is InChI=1S/C16H24BO2/c1-14(2,3)12-9-8-10-13(11-12)17-18-15(4,5)16(6,7)19-17/h8,10-11H,1-7H3. The highest BCUT2D eigenvalue weighted by Gasteiger charge is 2.51. The van der Waals surface area contributed by atoms with Crippen LogP contribution < -0.4 is 5.46 Å². The van der Waals surface area contributed by atoms with Crippen LogP contribution in [0, 0.1) is 6.07 Å². The van der Waals surface area contributed by atoms with E-state index in [4.69, 9.17) is 9.31 Å². The van der Waals surface area contributed by atoms with E-state index in [1.807, 2.05) is 12.1 Å². The molecule has 1 heterocycles. The number of hydrogen-bond donors (Lipinski definition) is 0. The molecule has 2 nitrogen and oxygen atoms in total. The van der Waals surface area contributed by atoms with Crippen LogP contribution in [0.25, 0.3) is 0 Å². The Kier molecular flexibility index (Phi) is 3.35. The molecule has 19 heavy (non-hydrogen) atoms. The predicted molar refractivity (Wildman–Crippen MR) is 79.7 cm³/mol. The second-order valence-corrected chi connectivity index (χ2v) is 7.37. The third kappa shape index (κ3) is 2.73. The lowest BCUT2D eigenvalue weighted by Gasteiger charge is -2.32. The van der Waals surface area contributed by atoms with Crippen LogP contribution >= 0.6 is 0 Å². The van der Waals surface area contributed by atoms with Crippen molar-refractivity contribution in [3.05, 3.63) is 29.8 Å². The van der Waals surface area contributed by atoms with Gasteiger partial charge in [0.15, 0.2) is 0 Å². The topological polar surface area (TPSA) is 18.5 Å². The molecule has 1 aromatic carbocycles. The van der Waals surface area contributed by atoms with Crippen molar-refractivity contribution in [2.45, 2.75) is 65.1 Å². The van der Waals surface area contributed by atoms with Crippen molar-refractivity contribution in [3.8, 4) is 0 Å². The molecule has 0 atom stereocenters. The molecule has 0 amide bonds. The van der Waals surface area contributed by atoms with Crippen molar-refractivity contribution in [1.29, 1.82) is 0 Å². The molecule has 0 aliphatic carbocycles. The lowest BCUT2D eigenvalue weighted by atomic mass is 9.75. The van der Waals surface area contributed by atoms with E-state index in [2.05, 4.69) is 60.6 Å². The highest BCUT2D eigenvalue weighted by molar-refractivity contribution is 6.62. The zero-order valence-corrected chi connectivity index (χ0v) is 13.1. The molecule has 1 saturated heterocycles. The summed E-state index contributed by atoms with van der Waals surface area (Å²) in [6.07, 6.45) is 0. The highest BCUT2D eigenvalue weighted by Crippen LogP contribution is 2.36. The summed E-state index contributed by atoms with van der Waals surface area (Å²) in [4.78, 5) is 0. The lowest BCUT2D eigenvalue weighted by Crippen LogP contribution is -2.41. The normalized spacial score (nSPS) is 21.7. The zero-order valence-electron chi connectivity index (χ0n) is 13.1. The van der Waals surface area contributed by atoms with E-state index in [1.54, 1.807) is 0 Å². The van der Waals surface area contributed by atoms with Crippen molar-refractivity contribution in [2.75, 3.05) is 0 Å². The molecule has 103 valence electrons. The second-order valence-electron chi connectivity index (χ2n) is 7.37. The van der Waals surface area contributed by atoms with E-state index in [0.717, 1.165) is 5.46 Å². The van der Waals surface area contributed by atoms with Crippen molar-refractivity contribution >= 4 is 12.6 Å². The molecule has 2 rings (SSSR count). The highest BCUT2D eigenvalue weighted by atomic mass is 16.7. The average molecular weight is 259 g/mol. The van der Waals surface area contributed by atoms with Crippen LogP contribution in [0.1, 0.15) is 54.0 Å². The molecule has 1 aliphatic heterocycles. The van der Waals surface area contributed by atoms with E-state index in [0.29, 0.717) is 0 Å². The van der Waals surface area contributed by atoms with Gasteiger partial charge in [-0.05, 0) is 50.2 Å². The molecule has 1 aliphatic rings. The Labute approximate surface area is 117 Å². The molecular formula is C16H24BO2. The molecule has 0 N–H and O–H groups in total. The number of hydrogen-bond acceptors (Lipinski definition) is 2. The molecular weight excluding hydrogens is 235 g/mol. The van der Waals surface area contributed by atoms with Gasteiger partial charge in [-0.3, -0.25) is 0 Å². The molecule has 0 aromatic heterocycles. The Bertz CT molecular complexity index is 456. The summed E-state index contributed by atoms with van der Waals surface area (Å²) in [6.45, 7) is 14.9. The van der Waals surface area contributed by atoms with Crippen LogP contribution in [0.15, 0.2) is 18.2 Å². The van der Waals surface area contributed by atoms with Crippen molar-refractivity contribution in [1.82, 2.24) is 0 Å². The average Bonchev–Trinajstić information content (AvgIpc) is 2.47. The second kappa shape index (κ2) is 4.36. The van der Waals surface area contributed by atoms with Gasteiger partial charge < -0.3 is 9.31 Å². The number of rotatable bonds is 1. The van der Waals surface area contributed by atoms with E-state index in [-0.39, 0.29) is 23.7 Å². The predicted octanol–water partition coefficient (Wildman–Crippen LogP) is 3.08. The van der Waals surface area contributed by atoms with E-state index < -0.39 is 0 Å². The first kappa shape index (κ1) is 14.6. The smallest absolute Gasteiger partial charge is 0.399 e. The maximum absolute atomic E-state index is 6.08. The Morgan fingerprint density at radius 1 is 1.05 bits per heavy atom. The van der Waals surface area contributed by atoms with E-state index in [9.17, 15) is 0 Å². The molecule has 0 unspecified atom stereocenters. The van der Waals surface area contributed by atoms with Crippen molar-refractivity contribution in [3.63, 3.8) is 0 Å². The summed E-state index contributed by atoms with van der Waals surface area (Å²) in [5, 5.41) is 0. The fourth-order valence-corrected chi connectivity index (χ4v) is 2.04. The molecule has 0 saturated carbocycles. The number of benzene rings is 1. The van der Waals surface area contributed by atoms with Crippen LogP contribution in [-0.4, -0.2) is 18.3 Å². The van der Waals surface area contributed by atoms with Gasteiger partial charge in [0.2, 0.25) is 0 Å². The van der Waals surface area contributed by atoms with Crippen LogP contribution in [0.5, 0.6) is 0 Å². The molecule has 3 heteroatoms. The summed E-state index contributed by atoms with van der Waals surface area (Å²) in [7, 11) is -0.291. The van der Waals surface area contributed by atoms with Gasteiger partial charge in [0.1, 0.15) is 0 Å². The molecule has 1 fully saturated rings. The largest absolute Gasteiger partial charge is 0.494 e. The third-order valence-corrected chi connectivity index (χ3v) is 4.16. The van der Waals surface area contributed by atoms with Crippen molar-refractivity contribution in [2.24, 2.45) is 0 Å². The SMILES string of the molecule is CC(C)(C)c1[c]ccc(B2OC(C)(C)C(C)(C)O2)c1. The van der Waals surface area contributed by atoms with Gasteiger partial charge in [-0.1, -0.05) is 39.0 Å².